The van der Waals surface area contributed by atoms with Crippen molar-refractivity contribution in [3.63, 3.8) is 0 Å². The van der Waals surface area contributed by atoms with Gasteiger partial charge < -0.3 is 4.74 Å². The highest BCUT2D eigenvalue weighted by Gasteiger charge is 2.30. The maximum absolute atomic E-state index is 12.2. The molecule has 7 heteroatoms. The van der Waals surface area contributed by atoms with Gasteiger partial charge >= 0.3 is 0 Å². The third-order valence-corrected chi connectivity index (χ3v) is 4.98. The van der Waals surface area contributed by atoms with Gasteiger partial charge in [0.15, 0.2) is 5.60 Å². The van der Waals surface area contributed by atoms with Gasteiger partial charge in [-0.1, -0.05) is 11.6 Å². The Hall–Kier alpha value is -1.37. The number of aryl methyl sites for hydroxylation is 1. The van der Waals surface area contributed by atoms with Crippen LogP contribution < -0.4 is 10.2 Å². The Kier molecular flexibility index (Phi) is 5.84. The van der Waals surface area contributed by atoms with Gasteiger partial charge in [-0.3, -0.25) is 4.79 Å². The first-order chi connectivity index (χ1) is 10.8. The number of hydrogen-bond acceptors (Lipinski definition) is 4. The fraction of sp³-hybridized carbons (Fsp3) is 0.250. The Morgan fingerprint density at radius 2 is 2.13 bits per heavy atom. The standard InChI is InChI=1S/C16H16BrClN2O2S/c1-10-8-11(4-6-13(10)18)22-16(2,3)15(21)20-19-9-12-5-7-14(17)23-12/h4-9H,1-3H3,(H,20,21)/b19-9+. The summed E-state index contributed by atoms with van der Waals surface area (Å²) < 4.78 is 6.76. The molecule has 4 nitrogen and oxygen atoms in total. The molecule has 0 saturated carbocycles. The van der Waals surface area contributed by atoms with E-state index in [2.05, 4.69) is 26.5 Å². The Morgan fingerprint density at radius 3 is 2.74 bits per heavy atom. The molecule has 2 aromatic rings. The second-order valence-electron chi connectivity index (χ2n) is 5.36. The molecule has 0 radical (unpaired) electrons. The first-order valence-electron chi connectivity index (χ1n) is 6.82. The quantitative estimate of drug-likeness (QED) is 0.564. The molecule has 0 spiro atoms. The SMILES string of the molecule is Cc1cc(OC(C)(C)C(=O)N/N=C/c2ccc(Br)s2)ccc1Cl. The zero-order chi connectivity index (χ0) is 17.0. The first-order valence-corrected chi connectivity index (χ1v) is 8.81. The van der Waals surface area contributed by atoms with Crippen LogP contribution in [0.25, 0.3) is 0 Å². The van der Waals surface area contributed by atoms with Gasteiger partial charge in [0, 0.05) is 9.90 Å². The summed E-state index contributed by atoms with van der Waals surface area (Å²) >= 11 is 10.9. The van der Waals surface area contributed by atoms with E-state index in [-0.39, 0.29) is 5.91 Å². The smallest absolute Gasteiger partial charge is 0.283 e. The Balaban J connectivity index is 1.98. The van der Waals surface area contributed by atoms with Gasteiger partial charge in [0.1, 0.15) is 5.75 Å². The molecule has 1 aromatic carbocycles. The van der Waals surface area contributed by atoms with Crippen LogP contribution in [0.4, 0.5) is 0 Å². The largest absolute Gasteiger partial charge is 0.478 e. The Labute approximate surface area is 152 Å². The van der Waals surface area contributed by atoms with Crippen LogP contribution in [0.1, 0.15) is 24.3 Å². The molecule has 0 aliphatic rings. The van der Waals surface area contributed by atoms with Gasteiger partial charge in [0.05, 0.1) is 10.0 Å². The number of hydrogen-bond donors (Lipinski definition) is 1. The molecule has 0 aliphatic heterocycles. The summed E-state index contributed by atoms with van der Waals surface area (Å²) in [5.41, 5.74) is 2.33. The molecule has 1 aromatic heterocycles. The van der Waals surface area contributed by atoms with Crippen LogP contribution in [-0.4, -0.2) is 17.7 Å². The molecule has 1 amide bonds. The van der Waals surface area contributed by atoms with Crippen LogP contribution in [0.2, 0.25) is 5.02 Å². The number of thiophene rings is 1. The molecule has 0 atom stereocenters. The van der Waals surface area contributed by atoms with E-state index in [0.29, 0.717) is 10.8 Å². The molecule has 0 bridgehead atoms. The zero-order valence-electron chi connectivity index (χ0n) is 12.9. The van der Waals surface area contributed by atoms with E-state index < -0.39 is 5.60 Å². The van der Waals surface area contributed by atoms with Crippen LogP contribution in [0, 0.1) is 6.92 Å². The predicted molar refractivity (Wildman–Crippen MR) is 98.7 cm³/mol. The zero-order valence-corrected chi connectivity index (χ0v) is 16.1. The fourth-order valence-electron chi connectivity index (χ4n) is 1.71. The normalized spacial score (nSPS) is 11.7. The molecule has 122 valence electrons. The van der Waals surface area contributed by atoms with Crippen molar-refractivity contribution in [1.29, 1.82) is 0 Å². The lowest BCUT2D eigenvalue weighted by Gasteiger charge is -2.24. The van der Waals surface area contributed by atoms with Crippen molar-refractivity contribution in [2.45, 2.75) is 26.4 Å². The van der Waals surface area contributed by atoms with E-state index >= 15 is 0 Å². The van der Waals surface area contributed by atoms with E-state index in [0.717, 1.165) is 14.2 Å². The lowest BCUT2D eigenvalue weighted by atomic mass is 10.1. The van der Waals surface area contributed by atoms with Gasteiger partial charge in [-0.05, 0) is 72.6 Å². The van der Waals surface area contributed by atoms with Crippen molar-refractivity contribution in [3.8, 4) is 5.75 Å². The van der Waals surface area contributed by atoms with E-state index in [9.17, 15) is 4.79 Å². The highest BCUT2D eigenvalue weighted by atomic mass is 79.9. The second-order valence-corrected chi connectivity index (χ2v) is 8.27. The van der Waals surface area contributed by atoms with Gasteiger partial charge in [-0.2, -0.15) is 5.10 Å². The summed E-state index contributed by atoms with van der Waals surface area (Å²) in [6.45, 7) is 5.25. The number of rotatable bonds is 5. The number of halogens is 2. The predicted octanol–water partition coefficient (Wildman–Crippen LogP) is 4.78. The molecule has 23 heavy (non-hydrogen) atoms. The molecule has 1 N–H and O–H groups in total. The summed E-state index contributed by atoms with van der Waals surface area (Å²) in [5.74, 6) is 0.246. The van der Waals surface area contributed by atoms with Crippen LogP contribution >= 0.6 is 38.9 Å². The van der Waals surface area contributed by atoms with Crippen LogP contribution in [-0.2, 0) is 4.79 Å². The number of hydrazone groups is 1. The van der Waals surface area contributed by atoms with Gasteiger partial charge in [0.25, 0.3) is 5.91 Å². The van der Waals surface area contributed by atoms with E-state index in [4.69, 9.17) is 16.3 Å². The molecule has 0 fully saturated rings. The second kappa shape index (κ2) is 7.47. The number of ether oxygens (including phenoxy) is 1. The van der Waals surface area contributed by atoms with Crippen molar-refractivity contribution >= 4 is 51.0 Å². The first kappa shape index (κ1) is 18.0. The number of carbonyl (C=O) groups is 1. The Bertz CT molecular complexity index is 743. The van der Waals surface area contributed by atoms with E-state index in [1.165, 1.54) is 11.3 Å². The minimum atomic E-state index is -1.06. The minimum Gasteiger partial charge on any atom is -0.478 e. The Morgan fingerprint density at radius 1 is 1.39 bits per heavy atom. The van der Waals surface area contributed by atoms with Gasteiger partial charge in [0.2, 0.25) is 0 Å². The average Bonchev–Trinajstić information content (AvgIpc) is 2.88. The highest BCUT2D eigenvalue weighted by molar-refractivity contribution is 9.11. The van der Waals surface area contributed by atoms with Crippen LogP contribution in [0.5, 0.6) is 5.75 Å². The molecular weight excluding hydrogens is 400 g/mol. The van der Waals surface area contributed by atoms with E-state index in [1.807, 2.05) is 19.1 Å². The van der Waals surface area contributed by atoms with Crippen molar-refractivity contribution < 1.29 is 9.53 Å². The molecule has 0 aliphatic carbocycles. The summed E-state index contributed by atoms with van der Waals surface area (Å²) in [7, 11) is 0. The molecule has 2 rings (SSSR count). The molecule has 1 heterocycles. The van der Waals surface area contributed by atoms with Crippen molar-refractivity contribution in [3.05, 3.63) is 49.6 Å². The van der Waals surface area contributed by atoms with E-state index in [1.54, 1.807) is 38.3 Å². The number of nitrogens with one attached hydrogen (secondary N) is 1. The minimum absolute atomic E-state index is 0.336. The van der Waals surface area contributed by atoms with Crippen molar-refractivity contribution in [2.24, 2.45) is 5.10 Å². The molecule has 0 unspecified atom stereocenters. The average molecular weight is 416 g/mol. The van der Waals surface area contributed by atoms with Crippen LogP contribution in [0.3, 0.4) is 0 Å². The van der Waals surface area contributed by atoms with Gasteiger partial charge in [-0.15, -0.1) is 11.3 Å². The number of nitrogens with zero attached hydrogens (tertiary/aromatic N) is 1. The molecular formula is C16H16BrClN2O2S. The number of carbonyl (C=O) groups excluding carboxylic acids is 1. The fourth-order valence-corrected chi connectivity index (χ4v) is 3.12. The maximum atomic E-state index is 12.2. The summed E-state index contributed by atoms with van der Waals surface area (Å²) in [6, 6.07) is 9.10. The maximum Gasteiger partial charge on any atom is 0.283 e. The number of benzene rings is 1. The van der Waals surface area contributed by atoms with Crippen molar-refractivity contribution in [1.82, 2.24) is 5.43 Å². The summed E-state index contributed by atoms with van der Waals surface area (Å²) in [5, 5.41) is 4.62. The number of amides is 1. The lowest BCUT2D eigenvalue weighted by molar-refractivity contribution is -0.134. The van der Waals surface area contributed by atoms with Crippen LogP contribution in [0.15, 0.2) is 39.2 Å². The third-order valence-electron chi connectivity index (χ3n) is 3.00. The van der Waals surface area contributed by atoms with Gasteiger partial charge in [-0.25, -0.2) is 5.43 Å². The molecule has 0 saturated heterocycles. The summed E-state index contributed by atoms with van der Waals surface area (Å²) in [4.78, 5) is 13.2. The third kappa shape index (κ3) is 5.06. The highest BCUT2D eigenvalue weighted by Crippen LogP contribution is 2.24. The monoisotopic (exact) mass is 414 g/mol. The lowest BCUT2D eigenvalue weighted by Crippen LogP contribution is -2.44. The topological polar surface area (TPSA) is 50.7 Å². The summed E-state index contributed by atoms with van der Waals surface area (Å²) in [6.07, 6.45) is 1.59. The van der Waals surface area contributed by atoms with Crippen molar-refractivity contribution in [2.75, 3.05) is 0 Å².